The summed E-state index contributed by atoms with van der Waals surface area (Å²) in [6.45, 7) is 4.28. The lowest BCUT2D eigenvalue weighted by atomic mass is 10.3. The van der Waals surface area contributed by atoms with Crippen LogP contribution in [0.3, 0.4) is 0 Å². The van der Waals surface area contributed by atoms with Crippen molar-refractivity contribution in [3.63, 3.8) is 0 Å². The topological polar surface area (TPSA) is 75.5 Å². The molecule has 3 heterocycles. The van der Waals surface area contributed by atoms with Gasteiger partial charge in [0.15, 0.2) is 11.6 Å². The van der Waals surface area contributed by atoms with Crippen molar-refractivity contribution in [3.05, 3.63) is 41.6 Å². The molecule has 1 aliphatic rings. The molecule has 23 heavy (non-hydrogen) atoms. The fourth-order valence-electron chi connectivity index (χ4n) is 2.12. The summed E-state index contributed by atoms with van der Waals surface area (Å²) in [4.78, 5) is 14.1. The number of morpholine rings is 1. The Hall–Kier alpha value is -2.61. The summed E-state index contributed by atoms with van der Waals surface area (Å²) in [5.74, 6) is 0.0346. The first kappa shape index (κ1) is 15.3. The van der Waals surface area contributed by atoms with Gasteiger partial charge >= 0.3 is 0 Å². The molecule has 3 rings (SSSR count). The normalized spacial score (nSPS) is 15.1. The van der Waals surface area contributed by atoms with E-state index in [1.54, 1.807) is 12.4 Å². The van der Waals surface area contributed by atoms with Gasteiger partial charge in [0.2, 0.25) is 5.95 Å². The molecule has 120 valence electrons. The third-order valence-electron chi connectivity index (χ3n) is 3.33. The van der Waals surface area contributed by atoms with Crippen LogP contribution in [-0.2, 0) is 4.74 Å². The molecule has 2 aromatic rings. The van der Waals surface area contributed by atoms with Crippen LogP contribution in [0.2, 0.25) is 0 Å². The summed E-state index contributed by atoms with van der Waals surface area (Å²) in [5.41, 5.74) is 4.48. The molecule has 1 aliphatic heterocycles. The second-order valence-corrected chi connectivity index (χ2v) is 5.09. The molecule has 0 saturated carbocycles. The number of aromatic nitrogens is 3. The molecule has 0 aromatic carbocycles. The summed E-state index contributed by atoms with van der Waals surface area (Å²) < 4.78 is 19.2. The number of ether oxygens (including phenoxy) is 1. The van der Waals surface area contributed by atoms with Crippen molar-refractivity contribution < 1.29 is 9.13 Å². The fourth-order valence-corrected chi connectivity index (χ4v) is 2.12. The molecular weight excluding hydrogens is 299 g/mol. The van der Waals surface area contributed by atoms with E-state index in [1.165, 1.54) is 0 Å². The molecular formula is C15H17FN6O. The van der Waals surface area contributed by atoms with Crippen molar-refractivity contribution in [2.75, 3.05) is 36.6 Å². The van der Waals surface area contributed by atoms with Crippen LogP contribution in [0, 0.1) is 12.7 Å². The highest BCUT2D eigenvalue weighted by atomic mass is 19.1. The number of hydrogen-bond donors (Lipinski definition) is 1. The Kier molecular flexibility index (Phi) is 4.72. The molecule has 1 fully saturated rings. The number of pyridine rings is 1. The number of hydrazone groups is 1. The van der Waals surface area contributed by atoms with E-state index in [1.807, 2.05) is 24.0 Å². The van der Waals surface area contributed by atoms with Gasteiger partial charge in [-0.15, -0.1) is 0 Å². The largest absolute Gasteiger partial charge is 0.378 e. The highest BCUT2D eigenvalue weighted by Crippen LogP contribution is 2.18. The molecule has 8 heteroatoms. The first-order valence-corrected chi connectivity index (χ1v) is 7.29. The quantitative estimate of drug-likeness (QED) is 0.682. The molecule has 0 unspecified atom stereocenters. The van der Waals surface area contributed by atoms with E-state index >= 15 is 0 Å². The molecule has 2 aromatic heterocycles. The number of aryl methyl sites for hydroxylation is 1. The highest BCUT2D eigenvalue weighted by molar-refractivity contribution is 5.77. The van der Waals surface area contributed by atoms with Crippen LogP contribution >= 0.6 is 0 Å². The third kappa shape index (κ3) is 3.98. The zero-order valence-electron chi connectivity index (χ0n) is 12.7. The monoisotopic (exact) mass is 316 g/mol. The van der Waals surface area contributed by atoms with Crippen LogP contribution in [0.4, 0.5) is 16.2 Å². The predicted octanol–water partition coefficient (Wildman–Crippen LogP) is 1.60. The van der Waals surface area contributed by atoms with Crippen LogP contribution in [0.5, 0.6) is 0 Å². The average molecular weight is 316 g/mol. The van der Waals surface area contributed by atoms with E-state index in [0.717, 1.165) is 11.8 Å². The summed E-state index contributed by atoms with van der Waals surface area (Å²) >= 11 is 0. The lowest BCUT2D eigenvalue weighted by Crippen LogP contribution is -2.37. The van der Waals surface area contributed by atoms with Crippen LogP contribution in [0.15, 0.2) is 29.6 Å². The Morgan fingerprint density at radius 1 is 1.26 bits per heavy atom. The number of nitrogens with zero attached hydrogens (tertiary/aromatic N) is 5. The molecule has 0 amide bonds. The highest BCUT2D eigenvalue weighted by Gasteiger charge is 2.17. The maximum atomic E-state index is 13.9. The fraction of sp³-hybridized carbons (Fsp3) is 0.333. The van der Waals surface area contributed by atoms with Crippen LogP contribution in [0.25, 0.3) is 0 Å². The SMILES string of the molecule is Cc1ccc(/C=N/Nc2ncc(F)c(N3CCOCC3)n2)nc1. The van der Waals surface area contributed by atoms with Crippen molar-refractivity contribution in [3.8, 4) is 0 Å². The summed E-state index contributed by atoms with van der Waals surface area (Å²) in [6.07, 6.45) is 4.45. The molecule has 0 aliphatic carbocycles. The molecule has 0 bridgehead atoms. The summed E-state index contributed by atoms with van der Waals surface area (Å²) in [5, 5.41) is 4.03. The number of anilines is 2. The van der Waals surface area contributed by atoms with E-state index in [4.69, 9.17) is 4.74 Å². The van der Waals surface area contributed by atoms with Gasteiger partial charge in [-0.25, -0.2) is 14.8 Å². The number of nitrogens with one attached hydrogen (secondary N) is 1. The predicted molar refractivity (Wildman–Crippen MR) is 85.2 cm³/mol. The molecule has 0 atom stereocenters. The first-order valence-electron chi connectivity index (χ1n) is 7.29. The van der Waals surface area contributed by atoms with Gasteiger partial charge in [-0.05, 0) is 18.6 Å². The van der Waals surface area contributed by atoms with E-state index in [0.29, 0.717) is 32.0 Å². The zero-order valence-corrected chi connectivity index (χ0v) is 12.7. The molecule has 0 spiro atoms. The molecule has 0 radical (unpaired) electrons. The molecule has 1 saturated heterocycles. The van der Waals surface area contributed by atoms with Gasteiger partial charge in [-0.2, -0.15) is 10.1 Å². The zero-order chi connectivity index (χ0) is 16.1. The second kappa shape index (κ2) is 7.10. The Morgan fingerprint density at radius 3 is 2.83 bits per heavy atom. The van der Waals surface area contributed by atoms with Crippen LogP contribution in [-0.4, -0.2) is 47.5 Å². The number of hydrogen-bond acceptors (Lipinski definition) is 7. The molecule has 1 N–H and O–H groups in total. The lowest BCUT2D eigenvalue weighted by Gasteiger charge is -2.27. The van der Waals surface area contributed by atoms with E-state index in [9.17, 15) is 4.39 Å². The van der Waals surface area contributed by atoms with Gasteiger partial charge in [-0.1, -0.05) is 6.07 Å². The van der Waals surface area contributed by atoms with Crippen molar-refractivity contribution >= 4 is 18.0 Å². The number of rotatable bonds is 4. The smallest absolute Gasteiger partial charge is 0.245 e. The third-order valence-corrected chi connectivity index (χ3v) is 3.33. The maximum absolute atomic E-state index is 13.9. The van der Waals surface area contributed by atoms with Gasteiger partial charge in [0, 0.05) is 19.3 Å². The van der Waals surface area contributed by atoms with Crippen molar-refractivity contribution in [1.29, 1.82) is 0 Å². The number of halogens is 1. The Morgan fingerprint density at radius 2 is 2.09 bits per heavy atom. The van der Waals surface area contributed by atoms with Crippen LogP contribution in [0.1, 0.15) is 11.3 Å². The van der Waals surface area contributed by atoms with Gasteiger partial charge < -0.3 is 9.64 Å². The Balaban J connectivity index is 1.69. The minimum Gasteiger partial charge on any atom is -0.378 e. The minimum absolute atomic E-state index is 0.233. The van der Waals surface area contributed by atoms with E-state index in [2.05, 4.69) is 25.5 Å². The van der Waals surface area contributed by atoms with Gasteiger partial charge in [0.05, 0.1) is 31.3 Å². The lowest BCUT2D eigenvalue weighted by molar-refractivity contribution is 0.122. The average Bonchev–Trinajstić information content (AvgIpc) is 2.59. The van der Waals surface area contributed by atoms with Gasteiger partial charge in [0.25, 0.3) is 0 Å². The van der Waals surface area contributed by atoms with Gasteiger partial charge in [0.1, 0.15) is 0 Å². The second-order valence-electron chi connectivity index (χ2n) is 5.09. The van der Waals surface area contributed by atoms with Crippen molar-refractivity contribution in [2.45, 2.75) is 6.92 Å². The first-order chi connectivity index (χ1) is 11.2. The molecule has 7 nitrogen and oxygen atoms in total. The summed E-state index contributed by atoms with van der Waals surface area (Å²) in [7, 11) is 0. The Labute approximate surface area is 133 Å². The standard InChI is InChI=1S/C15H17FN6O/c1-11-2-3-12(17-8-11)9-19-21-15-18-10-13(16)14(20-15)22-4-6-23-7-5-22/h2-3,8-10H,4-7H2,1H3,(H,18,20,21)/b19-9+. The van der Waals surface area contributed by atoms with E-state index < -0.39 is 5.82 Å². The summed E-state index contributed by atoms with van der Waals surface area (Å²) in [6, 6.07) is 3.80. The van der Waals surface area contributed by atoms with Crippen molar-refractivity contribution in [1.82, 2.24) is 15.0 Å². The Bertz CT molecular complexity index is 685. The van der Waals surface area contributed by atoms with Crippen molar-refractivity contribution in [2.24, 2.45) is 5.10 Å². The van der Waals surface area contributed by atoms with Gasteiger partial charge in [-0.3, -0.25) is 4.98 Å². The minimum atomic E-state index is -0.457. The maximum Gasteiger partial charge on any atom is 0.245 e. The van der Waals surface area contributed by atoms with Crippen LogP contribution < -0.4 is 10.3 Å². The van der Waals surface area contributed by atoms with E-state index in [-0.39, 0.29) is 11.8 Å².